The lowest BCUT2D eigenvalue weighted by molar-refractivity contribution is 0.254. The summed E-state index contributed by atoms with van der Waals surface area (Å²) in [5.74, 6) is -1.59. The molecule has 0 spiro atoms. The van der Waals surface area contributed by atoms with Crippen molar-refractivity contribution >= 4 is 33.3 Å². The number of aromatic nitrogens is 2. The number of fused-ring (bicyclic) bond motifs is 1. The van der Waals surface area contributed by atoms with Crippen LogP contribution >= 0.6 is 11.3 Å². The summed E-state index contributed by atoms with van der Waals surface area (Å²) in [6.45, 7) is 2.67. The van der Waals surface area contributed by atoms with E-state index in [1.54, 1.807) is 42.5 Å². The number of nitrogens with zero attached hydrogens (tertiary/aromatic N) is 4. The first-order valence-electron chi connectivity index (χ1n) is 15.4. The molecule has 0 bridgehead atoms. The Kier molecular flexibility index (Phi) is 9.33. The third kappa shape index (κ3) is 6.29. The molecule has 0 saturated heterocycles. The molecule has 0 fully saturated rings. The third-order valence-corrected chi connectivity index (χ3v) is 9.52. The number of thiophene rings is 1. The molecule has 4 aromatic carbocycles. The number of hydrogen-bond donors (Lipinski definition) is 1. The highest BCUT2D eigenvalue weighted by Gasteiger charge is 2.26. The maximum absolute atomic E-state index is 15.0. The van der Waals surface area contributed by atoms with Crippen LogP contribution in [0.4, 0.5) is 19.3 Å². The predicted molar refractivity (Wildman–Crippen MR) is 187 cm³/mol. The molecule has 2 amide bonds. The highest BCUT2D eigenvalue weighted by atomic mass is 32.1. The number of anilines is 1. The van der Waals surface area contributed by atoms with Gasteiger partial charge in [-0.2, -0.15) is 0 Å². The van der Waals surface area contributed by atoms with Gasteiger partial charge in [-0.3, -0.25) is 19.2 Å². The van der Waals surface area contributed by atoms with Crippen molar-refractivity contribution in [3.05, 3.63) is 152 Å². The van der Waals surface area contributed by atoms with Crippen molar-refractivity contribution in [2.45, 2.75) is 26.6 Å². The number of halogens is 2. The van der Waals surface area contributed by atoms with E-state index >= 15 is 8.78 Å². The number of benzene rings is 4. The number of rotatable bonds is 10. The summed E-state index contributed by atoms with van der Waals surface area (Å²) >= 11 is 1.21. The smallest absolute Gasteiger partial charge is 0.337 e. The summed E-state index contributed by atoms with van der Waals surface area (Å²) in [6.07, 6.45) is 0. The highest BCUT2D eigenvalue weighted by Crippen LogP contribution is 2.39. The van der Waals surface area contributed by atoms with Crippen LogP contribution in [0, 0.1) is 11.6 Å². The first-order chi connectivity index (χ1) is 23.2. The molecule has 6 aromatic rings. The number of nitrogens with two attached hydrogens (primary N) is 1. The van der Waals surface area contributed by atoms with Crippen molar-refractivity contribution in [3.8, 4) is 16.1 Å². The number of hydrogen-bond acceptors (Lipinski definition) is 5. The lowest BCUT2D eigenvalue weighted by atomic mass is 10.1. The van der Waals surface area contributed by atoms with Gasteiger partial charge in [0.1, 0.15) is 16.5 Å². The summed E-state index contributed by atoms with van der Waals surface area (Å²) in [4.78, 5) is 45.2. The van der Waals surface area contributed by atoms with Crippen LogP contribution in [0.5, 0.6) is 0 Å². The van der Waals surface area contributed by atoms with Gasteiger partial charge >= 0.3 is 11.7 Å². The van der Waals surface area contributed by atoms with Gasteiger partial charge in [-0.25, -0.2) is 22.9 Å². The van der Waals surface area contributed by atoms with E-state index in [1.807, 2.05) is 56.4 Å². The van der Waals surface area contributed by atoms with Crippen molar-refractivity contribution in [2.24, 2.45) is 5.73 Å². The Balaban J connectivity index is 1.62. The summed E-state index contributed by atoms with van der Waals surface area (Å²) in [7, 11) is 1.94. The lowest BCUT2D eigenvalue weighted by Crippen LogP contribution is -2.39. The van der Waals surface area contributed by atoms with Crippen LogP contribution in [0.3, 0.4) is 0 Å². The summed E-state index contributed by atoms with van der Waals surface area (Å²) in [5, 5.41) is 0.284. The Bertz CT molecular complexity index is 2190. The van der Waals surface area contributed by atoms with E-state index in [4.69, 9.17) is 5.73 Å². The van der Waals surface area contributed by atoms with Gasteiger partial charge in [0.2, 0.25) is 0 Å². The van der Waals surface area contributed by atoms with E-state index in [0.717, 1.165) is 27.8 Å². The molecule has 2 heterocycles. The van der Waals surface area contributed by atoms with Gasteiger partial charge < -0.3 is 5.73 Å². The van der Waals surface area contributed by atoms with Gasteiger partial charge in [0.25, 0.3) is 5.56 Å². The second-order valence-corrected chi connectivity index (χ2v) is 12.4. The molecule has 48 heavy (non-hydrogen) atoms. The molecule has 11 heteroatoms. The number of urea groups is 1. The Morgan fingerprint density at radius 3 is 2.04 bits per heavy atom. The quantitative estimate of drug-likeness (QED) is 0.175. The van der Waals surface area contributed by atoms with Crippen LogP contribution < -0.4 is 21.9 Å². The predicted octanol–water partition coefficient (Wildman–Crippen LogP) is 6.74. The van der Waals surface area contributed by atoms with E-state index in [2.05, 4.69) is 4.90 Å². The van der Waals surface area contributed by atoms with Gasteiger partial charge in [-0.05, 0) is 67.1 Å². The fourth-order valence-corrected chi connectivity index (χ4v) is 7.22. The van der Waals surface area contributed by atoms with E-state index in [-0.39, 0.29) is 10.9 Å². The molecular weight excluding hydrogens is 633 g/mol. The number of amides is 2. The third-order valence-electron chi connectivity index (χ3n) is 8.21. The molecule has 244 valence electrons. The van der Waals surface area contributed by atoms with Gasteiger partial charge in [-0.15, -0.1) is 11.3 Å². The van der Waals surface area contributed by atoms with Crippen molar-refractivity contribution in [1.82, 2.24) is 14.0 Å². The minimum atomic E-state index is -0.794. The molecule has 0 aliphatic rings. The largest absolute Gasteiger partial charge is 0.351 e. The van der Waals surface area contributed by atoms with Gasteiger partial charge in [-0.1, -0.05) is 66.7 Å². The fraction of sp³-hybridized carbons (Fsp3) is 0.162. The average Bonchev–Trinajstić information content (AvgIpc) is 3.44. The Labute approximate surface area is 279 Å². The molecule has 0 unspecified atom stereocenters. The van der Waals surface area contributed by atoms with Crippen LogP contribution in [-0.2, 0) is 19.6 Å². The zero-order valence-electron chi connectivity index (χ0n) is 26.4. The number of carbonyl (C=O) groups is 1. The van der Waals surface area contributed by atoms with E-state index < -0.39 is 35.5 Å². The van der Waals surface area contributed by atoms with Crippen LogP contribution in [0.15, 0.2) is 113 Å². The number of primary amides is 1. The SMILES string of the molecule is CCN(C(N)=O)c1ccc(-c2sc3c(c2CN(C)Cc2ccccc2)c(=O)n(-c2ccccc2)c(=O)n3Cc2c(F)cccc2F)cc1. The number of carbonyl (C=O) groups excluding carboxylic acids is 1. The van der Waals surface area contributed by atoms with Crippen molar-refractivity contribution in [1.29, 1.82) is 0 Å². The highest BCUT2D eigenvalue weighted by molar-refractivity contribution is 7.22. The topological polar surface area (TPSA) is 93.6 Å². The molecule has 0 saturated carbocycles. The first kappa shape index (κ1) is 32.5. The van der Waals surface area contributed by atoms with Gasteiger partial charge in [0.15, 0.2) is 0 Å². The Morgan fingerprint density at radius 1 is 0.812 bits per heavy atom. The molecule has 0 aliphatic carbocycles. The van der Waals surface area contributed by atoms with Crippen molar-refractivity contribution in [2.75, 3.05) is 18.5 Å². The monoisotopic (exact) mass is 665 g/mol. The maximum atomic E-state index is 15.0. The molecule has 2 N–H and O–H groups in total. The summed E-state index contributed by atoms with van der Waals surface area (Å²) in [6, 6.07) is 28.6. The van der Waals surface area contributed by atoms with Gasteiger partial charge in [0.05, 0.1) is 17.6 Å². The lowest BCUT2D eigenvalue weighted by Gasteiger charge is -2.19. The zero-order chi connectivity index (χ0) is 33.9. The maximum Gasteiger partial charge on any atom is 0.337 e. The van der Waals surface area contributed by atoms with Crippen molar-refractivity contribution < 1.29 is 13.6 Å². The second kappa shape index (κ2) is 13.8. The first-order valence-corrected chi connectivity index (χ1v) is 16.2. The summed E-state index contributed by atoms with van der Waals surface area (Å²) < 4.78 is 32.4. The Morgan fingerprint density at radius 2 is 1.44 bits per heavy atom. The average molecular weight is 666 g/mol. The standard InChI is InChI=1S/C37H33F2N5O3S/c1-3-42(36(40)46)26-19-17-25(18-20-26)33-29(22-41(2)21-24-11-6-4-7-12-24)32-34(45)44(27-13-8-5-9-14-27)37(47)43(35(32)48-33)23-28-30(38)15-10-16-31(28)39/h4-20H,3,21-23H2,1-2H3,(H2,40,46). The van der Waals surface area contributed by atoms with Gasteiger partial charge in [0, 0.05) is 35.8 Å². The molecule has 0 atom stereocenters. The zero-order valence-corrected chi connectivity index (χ0v) is 27.2. The molecule has 6 rings (SSSR count). The molecule has 8 nitrogen and oxygen atoms in total. The van der Waals surface area contributed by atoms with E-state index in [0.29, 0.717) is 46.3 Å². The van der Waals surface area contributed by atoms with E-state index in [9.17, 15) is 14.4 Å². The van der Waals surface area contributed by atoms with Crippen molar-refractivity contribution in [3.63, 3.8) is 0 Å². The van der Waals surface area contributed by atoms with Crippen LogP contribution in [-0.4, -0.2) is 33.7 Å². The molecule has 2 aromatic heterocycles. The second-order valence-electron chi connectivity index (χ2n) is 11.4. The normalized spacial score (nSPS) is 11.4. The molecule has 0 aliphatic heterocycles. The Hall–Kier alpha value is -5.39. The summed E-state index contributed by atoms with van der Waals surface area (Å²) in [5.41, 5.74) is 7.48. The minimum Gasteiger partial charge on any atom is -0.351 e. The number of para-hydroxylation sites is 1. The van der Waals surface area contributed by atoms with Crippen LogP contribution in [0.1, 0.15) is 23.6 Å². The fourth-order valence-electron chi connectivity index (χ4n) is 5.92. The molecular formula is C37H33F2N5O3S. The minimum absolute atomic E-state index is 0.284. The molecule has 0 radical (unpaired) electrons. The van der Waals surface area contributed by atoms with E-state index in [1.165, 1.54) is 26.9 Å². The van der Waals surface area contributed by atoms with Crippen LogP contribution in [0.25, 0.3) is 26.3 Å². The van der Waals surface area contributed by atoms with Crippen LogP contribution in [0.2, 0.25) is 0 Å².